The van der Waals surface area contributed by atoms with Crippen molar-refractivity contribution >= 4 is 23.5 Å². The van der Waals surface area contributed by atoms with Crippen LogP contribution in [0.2, 0.25) is 0 Å². The van der Waals surface area contributed by atoms with Crippen LogP contribution in [0.15, 0.2) is 24.3 Å². The molecule has 6 nitrogen and oxygen atoms in total. The number of hydrogen-bond acceptors (Lipinski definition) is 4. The van der Waals surface area contributed by atoms with E-state index < -0.39 is 11.9 Å². The van der Waals surface area contributed by atoms with Crippen molar-refractivity contribution in [3.63, 3.8) is 0 Å². The Morgan fingerprint density at radius 2 is 2.00 bits per heavy atom. The number of benzene rings is 1. The third-order valence-corrected chi connectivity index (χ3v) is 3.27. The second-order valence-corrected chi connectivity index (χ2v) is 4.93. The van der Waals surface area contributed by atoms with E-state index in [9.17, 15) is 14.4 Å². The number of aryl methyl sites for hydroxylation is 1. The first-order valence-electron chi connectivity index (χ1n) is 6.86. The number of carbonyl (C=O) groups excluding carboxylic acids is 3. The van der Waals surface area contributed by atoms with Gasteiger partial charge in [0.05, 0.1) is 12.6 Å². The topological polar surface area (TPSA) is 75.7 Å². The molecule has 1 saturated heterocycles. The summed E-state index contributed by atoms with van der Waals surface area (Å²) >= 11 is 0. The van der Waals surface area contributed by atoms with Crippen LogP contribution in [0.4, 0.5) is 5.69 Å². The Bertz CT molecular complexity index is 553. The minimum Gasteiger partial charge on any atom is -0.459 e. The highest BCUT2D eigenvalue weighted by molar-refractivity contribution is 6.32. The Kier molecular flexibility index (Phi) is 4.57. The van der Waals surface area contributed by atoms with Gasteiger partial charge in [-0.15, -0.1) is 0 Å². The van der Waals surface area contributed by atoms with Gasteiger partial charge in [-0.05, 0) is 26.0 Å². The first kappa shape index (κ1) is 15.0. The smallest absolute Gasteiger partial charge is 0.396 e. The normalized spacial score (nSPS) is 17.7. The van der Waals surface area contributed by atoms with Crippen molar-refractivity contribution in [1.82, 2.24) is 5.32 Å². The van der Waals surface area contributed by atoms with Gasteiger partial charge in [-0.3, -0.25) is 9.59 Å². The van der Waals surface area contributed by atoms with Gasteiger partial charge in [0.2, 0.25) is 5.91 Å². The first-order chi connectivity index (χ1) is 10.0. The summed E-state index contributed by atoms with van der Waals surface area (Å²) < 4.78 is 4.62. The van der Waals surface area contributed by atoms with Crippen molar-refractivity contribution in [2.45, 2.75) is 26.3 Å². The van der Waals surface area contributed by atoms with Gasteiger partial charge in [0.15, 0.2) is 0 Å². The fraction of sp³-hybridized carbons (Fsp3) is 0.400. The van der Waals surface area contributed by atoms with Gasteiger partial charge in [0.25, 0.3) is 0 Å². The summed E-state index contributed by atoms with van der Waals surface area (Å²) in [5.74, 6) is -1.80. The molecule has 0 aliphatic carbocycles. The average molecular weight is 290 g/mol. The van der Waals surface area contributed by atoms with E-state index in [2.05, 4.69) is 10.1 Å². The summed E-state index contributed by atoms with van der Waals surface area (Å²) in [6.45, 7) is 4.10. The Morgan fingerprint density at radius 3 is 2.62 bits per heavy atom. The number of nitrogens with zero attached hydrogens (tertiary/aromatic N) is 1. The number of ether oxygens (including phenoxy) is 1. The SMILES string of the molecule is CCOC(=O)C(=O)NC1CC(=O)N(c2ccc(C)cc2)C1. The molecule has 21 heavy (non-hydrogen) atoms. The molecule has 1 unspecified atom stereocenters. The summed E-state index contributed by atoms with van der Waals surface area (Å²) in [5, 5.41) is 2.53. The molecular formula is C15H18N2O4. The Labute approximate surface area is 123 Å². The molecule has 6 heteroatoms. The fourth-order valence-electron chi connectivity index (χ4n) is 2.22. The number of amides is 2. The third-order valence-electron chi connectivity index (χ3n) is 3.27. The molecule has 1 N–H and O–H groups in total. The van der Waals surface area contributed by atoms with Gasteiger partial charge in [-0.1, -0.05) is 17.7 Å². The van der Waals surface area contributed by atoms with E-state index in [0.717, 1.165) is 11.3 Å². The van der Waals surface area contributed by atoms with Crippen molar-refractivity contribution in [3.8, 4) is 0 Å². The highest BCUT2D eigenvalue weighted by Gasteiger charge is 2.32. The van der Waals surface area contributed by atoms with E-state index in [-0.39, 0.29) is 25.0 Å². The van der Waals surface area contributed by atoms with Crippen LogP contribution in [0.25, 0.3) is 0 Å². The van der Waals surface area contributed by atoms with Gasteiger partial charge in [0.1, 0.15) is 0 Å². The van der Waals surface area contributed by atoms with Gasteiger partial charge in [-0.2, -0.15) is 0 Å². The summed E-state index contributed by atoms with van der Waals surface area (Å²) in [7, 11) is 0. The summed E-state index contributed by atoms with van der Waals surface area (Å²) in [4.78, 5) is 36.4. The molecule has 2 amide bonds. The number of hydrogen-bond donors (Lipinski definition) is 1. The number of esters is 1. The summed E-state index contributed by atoms with van der Waals surface area (Å²) in [5.41, 5.74) is 1.90. The number of anilines is 1. The number of nitrogens with one attached hydrogen (secondary N) is 1. The zero-order chi connectivity index (χ0) is 15.4. The second kappa shape index (κ2) is 6.39. The number of rotatable bonds is 3. The van der Waals surface area contributed by atoms with Crippen LogP contribution in [0.5, 0.6) is 0 Å². The highest BCUT2D eigenvalue weighted by atomic mass is 16.5. The molecule has 1 aliphatic rings. The molecule has 0 radical (unpaired) electrons. The predicted octanol–water partition coefficient (Wildman–Crippen LogP) is 0.780. The van der Waals surface area contributed by atoms with Crippen molar-refractivity contribution in [2.24, 2.45) is 0 Å². The molecule has 112 valence electrons. The molecule has 0 aromatic heterocycles. The minimum atomic E-state index is -0.918. The molecule has 0 spiro atoms. The Balaban J connectivity index is 1.98. The average Bonchev–Trinajstić information content (AvgIpc) is 2.80. The summed E-state index contributed by atoms with van der Waals surface area (Å²) in [6, 6.07) is 7.20. The lowest BCUT2D eigenvalue weighted by atomic mass is 10.2. The molecule has 1 heterocycles. The summed E-state index contributed by atoms with van der Waals surface area (Å²) in [6.07, 6.45) is 0.180. The lowest BCUT2D eigenvalue weighted by molar-refractivity contribution is -0.154. The second-order valence-electron chi connectivity index (χ2n) is 4.93. The van der Waals surface area contributed by atoms with Crippen molar-refractivity contribution < 1.29 is 19.1 Å². The van der Waals surface area contributed by atoms with E-state index in [1.54, 1.807) is 11.8 Å². The number of carbonyl (C=O) groups is 3. The van der Waals surface area contributed by atoms with Crippen LogP contribution in [0, 0.1) is 6.92 Å². The molecule has 1 aromatic rings. The fourth-order valence-corrected chi connectivity index (χ4v) is 2.22. The van der Waals surface area contributed by atoms with Crippen molar-refractivity contribution in [1.29, 1.82) is 0 Å². The van der Waals surface area contributed by atoms with Crippen LogP contribution in [0.3, 0.4) is 0 Å². The van der Waals surface area contributed by atoms with Crippen molar-refractivity contribution in [3.05, 3.63) is 29.8 Å². The molecular weight excluding hydrogens is 272 g/mol. The first-order valence-corrected chi connectivity index (χ1v) is 6.86. The molecule has 0 saturated carbocycles. The molecule has 1 aromatic carbocycles. The largest absolute Gasteiger partial charge is 0.459 e. The van der Waals surface area contributed by atoms with Gasteiger partial charge >= 0.3 is 11.9 Å². The lowest BCUT2D eigenvalue weighted by Gasteiger charge is -2.17. The lowest BCUT2D eigenvalue weighted by Crippen LogP contribution is -2.41. The van der Waals surface area contributed by atoms with E-state index in [4.69, 9.17) is 0 Å². The maximum absolute atomic E-state index is 12.0. The molecule has 1 fully saturated rings. The molecule has 1 aliphatic heterocycles. The predicted molar refractivity (Wildman–Crippen MR) is 76.7 cm³/mol. The molecule has 1 atom stereocenters. The zero-order valence-electron chi connectivity index (χ0n) is 12.1. The highest BCUT2D eigenvalue weighted by Crippen LogP contribution is 2.21. The van der Waals surface area contributed by atoms with E-state index >= 15 is 0 Å². The monoisotopic (exact) mass is 290 g/mol. The standard InChI is InChI=1S/C15H18N2O4/c1-3-21-15(20)14(19)16-11-8-13(18)17(9-11)12-6-4-10(2)5-7-12/h4-7,11H,3,8-9H2,1-2H3,(H,16,19). The van der Waals surface area contributed by atoms with Gasteiger partial charge in [0, 0.05) is 18.7 Å². The van der Waals surface area contributed by atoms with Crippen LogP contribution in [-0.2, 0) is 19.1 Å². The van der Waals surface area contributed by atoms with Crippen LogP contribution in [0.1, 0.15) is 18.9 Å². The molecule has 2 rings (SSSR count). The van der Waals surface area contributed by atoms with E-state index in [0.29, 0.717) is 6.54 Å². The quantitative estimate of drug-likeness (QED) is 0.659. The zero-order valence-corrected chi connectivity index (χ0v) is 12.1. The van der Waals surface area contributed by atoms with Crippen LogP contribution < -0.4 is 10.2 Å². The van der Waals surface area contributed by atoms with Gasteiger partial charge in [-0.25, -0.2) is 4.79 Å². The minimum absolute atomic E-state index is 0.0759. The Morgan fingerprint density at radius 1 is 1.33 bits per heavy atom. The Hall–Kier alpha value is -2.37. The van der Waals surface area contributed by atoms with E-state index in [1.165, 1.54) is 0 Å². The van der Waals surface area contributed by atoms with E-state index in [1.807, 2.05) is 31.2 Å². The molecule has 0 bridgehead atoms. The van der Waals surface area contributed by atoms with Gasteiger partial charge < -0.3 is 15.0 Å². The van der Waals surface area contributed by atoms with Crippen molar-refractivity contribution in [2.75, 3.05) is 18.1 Å². The van der Waals surface area contributed by atoms with Crippen LogP contribution >= 0.6 is 0 Å². The maximum Gasteiger partial charge on any atom is 0.396 e. The third kappa shape index (κ3) is 3.59. The van der Waals surface area contributed by atoms with Crippen LogP contribution in [-0.4, -0.2) is 37.0 Å². The maximum atomic E-state index is 12.0.